The summed E-state index contributed by atoms with van der Waals surface area (Å²) < 4.78 is 46.2. The first-order valence-electron chi connectivity index (χ1n) is 43.5. The Morgan fingerprint density at radius 1 is 0.185 bits per heavy atom. The fourth-order valence-electron chi connectivity index (χ4n) is 14.4. The molecule has 0 aliphatic rings. The maximum absolute atomic E-state index is 10.5. The van der Waals surface area contributed by atoms with E-state index in [0.717, 1.165) is 95.9 Å². The molecule has 0 aliphatic carbocycles. The van der Waals surface area contributed by atoms with Crippen molar-refractivity contribution in [1.29, 1.82) is 0 Å². The number of aliphatic carboxylic acids is 5. The van der Waals surface area contributed by atoms with E-state index >= 15 is 0 Å². The minimum absolute atomic E-state index is 0.307. The van der Waals surface area contributed by atoms with Crippen LogP contribution in [0, 0.1) is 0 Å². The third-order valence-corrected chi connectivity index (χ3v) is 55.3. The van der Waals surface area contributed by atoms with E-state index in [0.29, 0.717) is 32.1 Å². The number of carboxylic acid groups (broad SMARTS) is 5. The van der Waals surface area contributed by atoms with Crippen LogP contribution in [-0.4, -0.2) is 148 Å². The van der Waals surface area contributed by atoms with E-state index in [1.54, 1.807) is 0 Å². The van der Waals surface area contributed by atoms with Crippen LogP contribution in [0.5, 0.6) is 0 Å². The molecule has 1 atom stereocenters. The molecule has 0 bridgehead atoms. The summed E-state index contributed by atoms with van der Waals surface area (Å²) in [6, 6.07) is 6.12. The van der Waals surface area contributed by atoms with E-state index in [-0.39, 0.29) is 0 Å². The van der Waals surface area contributed by atoms with Gasteiger partial charge in [-0.3, -0.25) is 24.0 Å². The van der Waals surface area contributed by atoms with Crippen molar-refractivity contribution in [3.05, 3.63) is 0 Å². The number of hydrogen-bond donors (Lipinski definition) is 5. The first-order chi connectivity index (χ1) is 49.5. The van der Waals surface area contributed by atoms with Gasteiger partial charge in [0.05, 0.1) is 0 Å². The number of unbranched alkanes of at least 4 members (excludes halogenated alkanes) is 35. The molecule has 0 saturated heterocycles. The third kappa shape index (κ3) is 92.6. The molecule has 0 heterocycles. The van der Waals surface area contributed by atoms with Crippen molar-refractivity contribution in [3.8, 4) is 0 Å². The average molecular weight is 1720 g/mol. The molecule has 0 aromatic carbocycles. The molecule has 28 heteroatoms. The second kappa shape index (κ2) is 62.7. The highest BCUT2D eigenvalue weighted by Crippen LogP contribution is 2.32. The lowest BCUT2D eigenvalue weighted by Crippen LogP contribution is -2.56. The average Bonchev–Trinajstić information content (AvgIpc) is 0.827. The molecule has 0 aromatic rings. The van der Waals surface area contributed by atoms with Crippen molar-refractivity contribution in [3.63, 3.8) is 0 Å². The Morgan fingerprint density at radius 3 is 0.528 bits per heavy atom. The van der Waals surface area contributed by atoms with Crippen LogP contribution < -0.4 is 0 Å². The number of carboxylic acids is 5. The molecule has 108 heavy (non-hydrogen) atoms. The highest BCUT2D eigenvalue weighted by Gasteiger charge is 2.45. The molecule has 17 nitrogen and oxygen atoms in total. The molecule has 646 valence electrons. The molecule has 1 unspecified atom stereocenters. The molecule has 0 aliphatic heterocycles. The summed E-state index contributed by atoms with van der Waals surface area (Å²) >= 11 is 0. The molecule has 0 amide bonds. The summed E-state index contributed by atoms with van der Waals surface area (Å²) in [6.07, 6.45) is 48.5. The fourth-order valence-corrected chi connectivity index (χ4v) is 61.2. The standard InChI is InChI=1S/C28H60O6Si3.C20H48O5Si4.C18H42O4Si3.C14H30O2Si/c1-35(2,25-21-17-13-9-7-11-15-19-23-27(29)30)33-37(5,6)34-36(3,4)26-22-18-14-10-8-12-16-20-24-28(31)32;1-26(2,3)23-28(7,8)25-29(9,24-27(4,5)6)19-17-15-13-11-10-12-14-16-18-20(21)22;1-23(2,3)21-25(6,7)22-24(4,5)17-15-13-11-9-8-10-12-14-16-18(19)20;1-17(2,3)13-11-9-7-5-4-6-8-10-12-14(15)16/h7-26H2,1-6H3,(H,29,30)(H,31,32);10-19H2,1-9H3,(H,21,22);8-17H2,1-7H3,(H,19,20);4-13H2,1-3H3,(H,15,16). The normalized spacial score (nSPS) is 13.4. The first kappa shape index (κ1) is 114. The Kier molecular flexibility index (Phi) is 66.0. The molecule has 0 saturated carbocycles. The molecule has 0 rings (SSSR count). The van der Waals surface area contributed by atoms with Gasteiger partial charge in [0.2, 0.25) is 0 Å². The number of carbonyl (C=O) groups is 5. The van der Waals surface area contributed by atoms with Crippen molar-refractivity contribution in [1.82, 2.24) is 0 Å². The Balaban J connectivity index is -0.000000690. The molecule has 5 N–H and O–H groups in total. The van der Waals surface area contributed by atoms with E-state index in [1.807, 2.05) is 0 Å². The number of rotatable bonds is 69. The Labute approximate surface area is 678 Å². The van der Waals surface area contributed by atoms with Crippen molar-refractivity contribution < 1.29 is 78.3 Å². The minimum atomic E-state index is -2.25. The van der Waals surface area contributed by atoms with Crippen molar-refractivity contribution in [2.45, 2.75) is 483 Å². The van der Waals surface area contributed by atoms with E-state index < -0.39 is 122 Å². The third-order valence-electron chi connectivity index (χ3n) is 18.3. The van der Waals surface area contributed by atoms with Crippen LogP contribution in [0.2, 0.25) is 194 Å². The molecular weight excluding hydrogens is 1540 g/mol. The van der Waals surface area contributed by atoms with Gasteiger partial charge < -0.3 is 54.3 Å². The lowest BCUT2D eigenvalue weighted by Gasteiger charge is -2.41. The minimum Gasteiger partial charge on any atom is -0.481 e. The van der Waals surface area contributed by atoms with Crippen LogP contribution in [0.15, 0.2) is 0 Å². The molecular formula is C80H180O17Si11. The van der Waals surface area contributed by atoms with Crippen LogP contribution in [0.4, 0.5) is 0 Å². The van der Waals surface area contributed by atoms with Gasteiger partial charge in [-0.1, -0.05) is 250 Å². The largest absolute Gasteiger partial charge is 0.481 e. The fraction of sp³-hybridized carbons (Fsp3) is 0.938. The van der Waals surface area contributed by atoms with Crippen molar-refractivity contribution in [2.75, 3.05) is 0 Å². The van der Waals surface area contributed by atoms with Gasteiger partial charge in [0.25, 0.3) is 0 Å². The molecule has 0 fully saturated rings. The van der Waals surface area contributed by atoms with Gasteiger partial charge in [-0.2, -0.15) is 0 Å². The van der Waals surface area contributed by atoms with E-state index in [9.17, 15) is 24.0 Å². The zero-order valence-electron chi connectivity index (χ0n) is 75.5. The number of hydrogen-bond acceptors (Lipinski definition) is 12. The van der Waals surface area contributed by atoms with Gasteiger partial charge in [-0.25, -0.2) is 0 Å². The lowest BCUT2D eigenvalue weighted by molar-refractivity contribution is -0.138. The second-order valence-corrected chi connectivity index (χ2v) is 86.1. The van der Waals surface area contributed by atoms with Crippen LogP contribution in [0.3, 0.4) is 0 Å². The Bertz CT molecular complexity index is 2200. The van der Waals surface area contributed by atoms with Gasteiger partial charge >= 0.3 is 64.1 Å². The Hall–Kier alpha value is -0.544. The monoisotopic (exact) mass is 1720 g/mol. The zero-order chi connectivity index (χ0) is 83.7. The Morgan fingerprint density at radius 2 is 0.343 bits per heavy atom. The van der Waals surface area contributed by atoms with Crippen molar-refractivity contribution >= 4 is 122 Å². The van der Waals surface area contributed by atoms with Crippen LogP contribution in [-0.2, 0) is 52.8 Å². The van der Waals surface area contributed by atoms with E-state index in [1.165, 1.54) is 191 Å². The topological polar surface area (TPSA) is 251 Å². The van der Waals surface area contributed by atoms with Gasteiger partial charge in [0.15, 0.2) is 49.9 Å². The molecule has 0 spiro atoms. The van der Waals surface area contributed by atoms with Gasteiger partial charge in [-0.05, 0) is 200 Å². The molecule has 0 aromatic heterocycles. The predicted molar refractivity (Wildman–Crippen MR) is 487 cm³/mol. The van der Waals surface area contributed by atoms with Crippen molar-refractivity contribution in [2.24, 2.45) is 0 Å². The quantitative estimate of drug-likeness (QED) is 0.0280. The molecule has 0 radical (unpaired) electrons. The van der Waals surface area contributed by atoms with Crippen LogP contribution in [0.25, 0.3) is 0 Å². The van der Waals surface area contributed by atoms with Crippen LogP contribution in [0.1, 0.15) is 289 Å². The SMILES string of the molecule is C[Si](C)(C)CCCCCCCCCCC(=O)O.C[Si](C)(C)O[Si](C)(C)O[Si](C)(C)CCCCCCCCCCC(=O)O.C[Si](C)(C)O[Si](C)(C)O[Si](C)(CCCCCCCCCCC(=O)O)O[Si](C)(C)C.C[Si](C)(CCCCCCCCCCC(=O)O)O[Si](C)(C)O[Si](C)(C)CCCCCCCCCCC(=O)O. The highest BCUT2D eigenvalue weighted by atomic mass is 28.5. The van der Waals surface area contributed by atoms with Gasteiger partial charge in [0, 0.05) is 40.2 Å². The summed E-state index contributed by atoms with van der Waals surface area (Å²) in [5.74, 6) is -3.36. The summed E-state index contributed by atoms with van der Waals surface area (Å²) in [5.41, 5.74) is 0. The lowest BCUT2D eigenvalue weighted by atomic mass is 10.1. The predicted octanol–water partition coefficient (Wildman–Crippen LogP) is 27.7. The zero-order valence-corrected chi connectivity index (χ0v) is 86.5. The summed E-state index contributed by atoms with van der Waals surface area (Å²) in [4.78, 5) is 52.3. The summed E-state index contributed by atoms with van der Waals surface area (Å²) in [6.45, 7) is 57.0. The van der Waals surface area contributed by atoms with Crippen LogP contribution >= 0.6 is 0 Å². The summed E-state index contributed by atoms with van der Waals surface area (Å²) in [7, 11) is -19.3. The van der Waals surface area contributed by atoms with E-state index in [2.05, 4.69) is 164 Å². The van der Waals surface area contributed by atoms with Gasteiger partial charge in [0.1, 0.15) is 0 Å². The summed E-state index contributed by atoms with van der Waals surface area (Å²) in [5, 5.41) is 43.1. The van der Waals surface area contributed by atoms with E-state index in [4.69, 9.17) is 54.3 Å². The first-order valence-corrected chi connectivity index (χ1v) is 77.8. The smallest absolute Gasteiger partial charge is 0.315 e. The maximum Gasteiger partial charge on any atom is 0.315 e. The van der Waals surface area contributed by atoms with Gasteiger partial charge in [-0.15, -0.1) is 0 Å². The maximum atomic E-state index is 10.5. The highest BCUT2D eigenvalue weighted by molar-refractivity contribution is 6.90. The second-order valence-electron chi connectivity index (χ2n) is 38.8.